The quantitative estimate of drug-likeness (QED) is 0.328. The Morgan fingerprint density at radius 1 is 0.821 bits per heavy atom. The van der Waals surface area contributed by atoms with Gasteiger partial charge < -0.3 is 9.84 Å². The summed E-state index contributed by atoms with van der Waals surface area (Å²) in [6.07, 6.45) is 11.4. The van der Waals surface area contributed by atoms with Crippen molar-refractivity contribution in [1.82, 2.24) is 0 Å². The highest BCUT2D eigenvalue weighted by Gasteiger charge is 2.16. The molecule has 2 rings (SSSR count). The summed E-state index contributed by atoms with van der Waals surface area (Å²) in [4.78, 5) is -0.573. The standard InChI is InChI=1S/C22H30O5S/c1-2-3-4-5-6-7-8-9-10-18-11-13-19(14-12-18)27-20-15-16-21(23)22(17-20)28(24,25)26/h11-17,23H,2-10H2,1H3,(H,24,25,26). The van der Waals surface area contributed by atoms with Crippen molar-refractivity contribution in [3.8, 4) is 17.2 Å². The number of unbranched alkanes of at least 4 members (excludes halogenated alkanes) is 7. The molecule has 0 aromatic heterocycles. The molecule has 0 atom stereocenters. The molecule has 0 fully saturated rings. The molecular weight excluding hydrogens is 376 g/mol. The summed E-state index contributed by atoms with van der Waals surface area (Å²) in [5.74, 6) is 0.267. The molecule has 0 aliphatic rings. The number of aromatic hydroxyl groups is 1. The maximum absolute atomic E-state index is 11.3. The fourth-order valence-electron chi connectivity index (χ4n) is 3.09. The van der Waals surface area contributed by atoms with E-state index >= 15 is 0 Å². The van der Waals surface area contributed by atoms with Gasteiger partial charge in [-0.25, -0.2) is 0 Å². The van der Waals surface area contributed by atoms with Crippen LogP contribution < -0.4 is 4.74 Å². The zero-order valence-electron chi connectivity index (χ0n) is 16.4. The SMILES string of the molecule is CCCCCCCCCCc1ccc(Oc2ccc(O)c(S(=O)(=O)O)c2)cc1. The maximum atomic E-state index is 11.3. The molecule has 0 bridgehead atoms. The molecule has 0 radical (unpaired) electrons. The summed E-state index contributed by atoms with van der Waals surface area (Å²) < 4.78 is 37.3. The van der Waals surface area contributed by atoms with Crippen LogP contribution in [0.25, 0.3) is 0 Å². The Balaban J connectivity index is 1.80. The molecule has 2 aromatic carbocycles. The van der Waals surface area contributed by atoms with Crippen LogP contribution in [0.2, 0.25) is 0 Å². The summed E-state index contributed by atoms with van der Waals surface area (Å²) in [6.45, 7) is 2.23. The third-order valence-electron chi connectivity index (χ3n) is 4.69. The van der Waals surface area contributed by atoms with Crippen LogP contribution in [0, 0.1) is 0 Å². The molecule has 6 heteroatoms. The Morgan fingerprint density at radius 3 is 2.00 bits per heavy atom. The first kappa shape index (κ1) is 22.2. The maximum Gasteiger partial charge on any atom is 0.298 e. The van der Waals surface area contributed by atoms with Crippen molar-refractivity contribution in [3.63, 3.8) is 0 Å². The number of ether oxygens (including phenoxy) is 1. The second kappa shape index (κ2) is 11.1. The lowest BCUT2D eigenvalue weighted by atomic mass is 10.0. The monoisotopic (exact) mass is 406 g/mol. The first-order chi connectivity index (χ1) is 13.4. The van der Waals surface area contributed by atoms with Gasteiger partial charge in [0.15, 0.2) is 0 Å². The average Bonchev–Trinajstić information content (AvgIpc) is 2.66. The van der Waals surface area contributed by atoms with E-state index in [9.17, 15) is 13.5 Å². The molecule has 0 saturated heterocycles. The average molecular weight is 407 g/mol. The molecule has 0 heterocycles. The van der Waals surface area contributed by atoms with E-state index in [0.717, 1.165) is 12.5 Å². The van der Waals surface area contributed by atoms with E-state index in [0.29, 0.717) is 5.75 Å². The second-order valence-electron chi connectivity index (χ2n) is 7.08. The normalized spacial score (nSPS) is 11.5. The third kappa shape index (κ3) is 7.52. The van der Waals surface area contributed by atoms with Crippen molar-refractivity contribution in [2.45, 2.75) is 69.6 Å². The van der Waals surface area contributed by atoms with Gasteiger partial charge in [0.1, 0.15) is 22.1 Å². The Kier molecular flexibility index (Phi) is 8.80. The number of phenolic OH excluding ortho intramolecular Hbond substituents is 1. The summed E-state index contributed by atoms with van der Waals surface area (Å²) in [6, 6.07) is 11.4. The van der Waals surface area contributed by atoms with Crippen molar-refractivity contribution < 1.29 is 22.8 Å². The minimum atomic E-state index is -4.51. The van der Waals surface area contributed by atoms with Crippen LogP contribution in [0.5, 0.6) is 17.2 Å². The molecule has 0 amide bonds. The molecule has 0 aliphatic heterocycles. The first-order valence-corrected chi connectivity index (χ1v) is 11.4. The molecule has 0 aliphatic carbocycles. The molecule has 154 valence electrons. The number of hydrogen-bond acceptors (Lipinski definition) is 4. The fraction of sp³-hybridized carbons (Fsp3) is 0.455. The van der Waals surface area contributed by atoms with Crippen LogP contribution in [0.15, 0.2) is 47.4 Å². The third-order valence-corrected chi connectivity index (χ3v) is 5.57. The molecule has 2 N–H and O–H groups in total. The van der Waals surface area contributed by atoms with Crippen LogP contribution in [-0.4, -0.2) is 18.1 Å². The van der Waals surface area contributed by atoms with Gasteiger partial charge in [0, 0.05) is 6.07 Å². The minimum absolute atomic E-state index is 0.223. The van der Waals surface area contributed by atoms with Gasteiger partial charge >= 0.3 is 0 Å². The van der Waals surface area contributed by atoms with Crippen LogP contribution in [0.1, 0.15) is 63.9 Å². The largest absolute Gasteiger partial charge is 0.506 e. The van der Waals surface area contributed by atoms with E-state index in [2.05, 4.69) is 6.92 Å². The predicted octanol–water partition coefficient (Wildman–Crippen LogP) is 6.11. The Morgan fingerprint density at radius 2 is 1.39 bits per heavy atom. The zero-order chi connectivity index (χ0) is 20.4. The number of benzene rings is 2. The van der Waals surface area contributed by atoms with Gasteiger partial charge in [-0.15, -0.1) is 0 Å². The lowest BCUT2D eigenvalue weighted by molar-refractivity contribution is 0.435. The van der Waals surface area contributed by atoms with E-state index in [1.807, 2.05) is 24.3 Å². The van der Waals surface area contributed by atoms with E-state index in [4.69, 9.17) is 9.29 Å². The van der Waals surface area contributed by atoms with Crippen molar-refractivity contribution in [1.29, 1.82) is 0 Å². The number of aryl methyl sites for hydroxylation is 1. The van der Waals surface area contributed by atoms with Gasteiger partial charge in [-0.1, -0.05) is 64.0 Å². The smallest absolute Gasteiger partial charge is 0.298 e. The van der Waals surface area contributed by atoms with Crippen molar-refractivity contribution in [2.24, 2.45) is 0 Å². The first-order valence-electron chi connectivity index (χ1n) is 9.97. The van der Waals surface area contributed by atoms with Gasteiger partial charge in [0.25, 0.3) is 10.1 Å². The Hall–Kier alpha value is -2.05. The highest BCUT2D eigenvalue weighted by atomic mass is 32.2. The predicted molar refractivity (Wildman–Crippen MR) is 111 cm³/mol. The lowest BCUT2D eigenvalue weighted by Crippen LogP contribution is -1.99. The molecule has 28 heavy (non-hydrogen) atoms. The summed E-state index contributed by atoms with van der Waals surface area (Å²) in [5, 5.41) is 9.55. The zero-order valence-corrected chi connectivity index (χ0v) is 17.2. The van der Waals surface area contributed by atoms with Crippen LogP contribution >= 0.6 is 0 Å². The Labute approximate surface area is 168 Å². The second-order valence-corrected chi connectivity index (χ2v) is 8.47. The van der Waals surface area contributed by atoms with Crippen LogP contribution in [0.4, 0.5) is 0 Å². The summed E-state index contributed by atoms with van der Waals surface area (Å²) in [5.41, 5.74) is 1.24. The van der Waals surface area contributed by atoms with Gasteiger partial charge in [0.2, 0.25) is 0 Å². The number of phenols is 1. The van der Waals surface area contributed by atoms with E-state index < -0.39 is 20.8 Å². The molecule has 0 spiro atoms. The van der Waals surface area contributed by atoms with E-state index in [1.165, 1.54) is 69.1 Å². The molecule has 2 aromatic rings. The number of hydrogen-bond donors (Lipinski definition) is 2. The van der Waals surface area contributed by atoms with E-state index in [-0.39, 0.29) is 5.75 Å². The molecular formula is C22H30O5S. The number of rotatable bonds is 12. The fourth-order valence-corrected chi connectivity index (χ4v) is 3.69. The van der Waals surface area contributed by atoms with Gasteiger partial charge in [-0.2, -0.15) is 8.42 Å². The van der Waals surface area contributed by atoms with Crippen molar-refractivity contribution >= 4 is 10.1 Å². The Bertz CT molecular complexity index is 829. The highest BCUT2D eigenvalue weighted by molar-refractivity contribution is 7.86. The van der Waals surface area contributed by atoms with E-state index in [1.54, 1.807) is 0 Å². The van der Waals surface area contributed by atoms with Crippen molar-refractivity contribution in [2.75, 3.05) is 0 Å². The van der Waals surface area contributed by atoms with Gasteiger partial charge in [0.05, 0.1) is 0 Å². The summed E-state index contributed by atoms with van der Waals surface area (Å²) >= 11 is 0. The highest BCUT2D eigenvalue weighted by Crippen LogP contribution is 2.30. The topological polar surface area (TPSA) is 83.8 Å². The minimum Gasteiger partial charge on any atom is -0.506 e. The van der Waals surface area contributed by atoms with Gasteiger partial charge in [-0.3, -0.25) is 4.55 Å². The lowest BCUT2D eigenvalue weighted by Gasteiger charge is -2.09. The summed E-state index contributed by atoms with van der Waals surface area (Å²) in [7, 11) is -4.51. The van der Waals surface area contributed by atoms with Crippen LogP contribution in [-0.2, 0) is 16.5 Å². The van der Waals surface area contributed by atoms with Crippen LogP contribution in [0.3, 0.4) is 0 Å². The molecule has 0 unspecified atom stereocenters. The van der Waals surface area contributed by atoms with Gasteiger partial charge in [-0.05, 0) is 42.7 Å². The van der Waals surface area contributed by atoms with Crippen molar-refractivity contribution in [3.05, 3.63) is 48.0 Å². The molecule has 0 saturated carbocycles. The molecule has 5 nitrogen and oxygen atoms in total.